The molecule has 278 valence electrons. The Labute approximate surface area is 300 Å². The molecule has 2 aliphatic carbocycles. The van der Waals surface area contributed by atoms with Gasteiger partial charge in [0.15, 0.2) is 0 Å². The van der Waals surface area contributed by atoms with Gasteiger partial charge >= 0.3 is 6.03 Å². The molecule has 2 aromatic rings. The summed E-state index contributed by atoms with van der Waals surface area (Å²) in [7, 11) is 1.60. The van der Waals surface area contributed by atoms with Gasteiger partial charge in [0.2, 0.25) is 17.6 Å². The molecule has 3 aliphatic rings. The molecule has 1 saturated heterocycles. The van der Waals surface area contributed by atoms with Gasteiger partial charge < -0.3 is 35.6 Å². The Morgan fingerprint density at radius 1 is 0.980 bits per heavy atom. The number of urea groups is 1. The topological polar surface area (TPSA) is 168 Å². The van der Waals surface area contributed by atoms with Crippen molar-refractivity contribution in [3.05, 3.63) is 30.0 Å². The predicted molar refractivity (Wildman–Crippen MR) is 192 cm³/mol. The van der Waals surface area contributed by atoms with Crippen molar-refractivity contribution < 1.29 is 33.4 Å². The lowest BCUT2D eigenvalue weighted by Gasteiger charge is -2.36. The molecule has 0 spiro atoms. The summed E-state index contributed by atoms with van der Waals surface area (Å²) in [5, 5.41) is 12.0. The number of nitrogens with zero attached hydrogens (tertiary/aromatic N) is 2. The molecule has 13 heteroatoms. The van der Waals surface area contributed by atoms with E-state index in [2.05, 4.69) is 21.3 Å². The zero-order chi connectivity index (χ0) is 37.2. The van der Waals surface area contributed by atoms with Crippen LogP contribution in [0.2, 0.25) is 0 Å². The third kappa shape index (κ3) is 9.68. The van der Waals surface area contributed by atoms with Crippen LogP contribution in [0, 0.1) is 5.41 Å². The molecule has 4 N–H and O–H groups in total. The van der Waals surface area contributed by atoms with Gasteiger partial charge in [-0.25, -0.2) is 4.79 Å². The molecule has 0 radical (unpaired) electrons. The molecule has 5 amide bonds. The fourth-order valence-corrected chi connectivity index (χ4v) is 6.35. The fourth-order valence-electron chi connectivity index (χ4n) is 6.35. The number of likely N-dealkylation sites (tertiary alicyclic amines) is 1. The second-order valence-corrected chi connectivity index (χ2v) is 16.3. The van der Waals surface area contributed by atoms with Crippen LogP contribution in [0.5, 0.6) is 11.5 Å². The van der Waals surface area contributed by atoms with Crippen LogP contribution in [0.3, 0.4) is 0 Å². The van der Waals surface area contributed by atoms with Crippen molar-refractivity contribution in [2.45, 2.75) is 135 Å². The van der Waals surface area contributed by atoms with Gasteiger partial charge in [-0.05, 0) is 70.4 Å². The number of carbonyl (C=O) groups is 5. The summed E-state index contributed by atoms with van der Waals surface area (Å²) in [6.45, 7) is 13.0. The second kappa shape index (κ2) is 15.1. The summed E-state index contributed by atoms with van der Waals surface area (Å²) in [5.41, 5.74) is 0.362. The van der Waals surface area contributed by atoms with Crippen molar-refractivity contribution in [1.29, 1.82) is 0 Å². The monoisotopic (exact) mass is 706 g/mol. The number of ether oxygens (including phenoxy) is 2. The lowest BCUT2D eigenvalue weighted by atomic mass is 9.85. The minimum Gasteiger partial charge on any atom is -0.497 e. The number of fused-ring (bicyclic) bond motifs is 1. The molecular weight excluding hydrogens is 652 g/mol. The normalized spacial score (nSPS) is 20.3. The number of Topliss-reactive ketones (excluding diaryl/α,β-unsaturated/α-hetero) is 1. The Bertz CT molecular complexity index is 1660. The molecule has 0 bridgehead atoms. The molecule has 2 saturated carbocycles. The van der Waals surface area contributed by atoms with Crippen molar-refractivity contribution >= 4 is 40.4 Å². The number of amides is 5. The van der Waals surface area contributed by atoms with Crippen molar-refractivity contribution in [2.75, 3.05) is 13.7 Å². The van der Waals surface area contributed by atoms with Gasteiger partial charge in [0.25, 0.3) is 5.91 Å². The number of benzene rings is 1. The van der Waals surface area contributed by atoms with E-state index in [-0.39, 0.29) is 25.4 Å². The first kappa shape index (κ1) is 37.8. The number of methoxy groups -OCH3 is 1. The molecule has 51 heavy (non-hydrogen) atoms. The van der Waals surface area contributed by atoms with E-state index in [0.717, 1.165) is 42.3 Å². The maximum absolute atomic E-state index is 14.5. The molecule has 13 nitrogen and oxygen atoms in total. The Hall–Kier alpha value is -4.42. The fraction of sp³-hybridized carbons (Fsp3) is 0.632. The van der Waals surface area contributed by atoms with Gasteiger partial charge in [-0.3, -0.25) is 24.2 Å². The van der Waals surface area contributed by atoms with Gasteiger partial charge in [0.05, 0.1) is 25.2 Å². The third-order valence-electron chi connectivity index (χ3n) is 9.36. The first-order chi connectivity index (χ1) is 24.0. The number of ketones is 1. The molecular formula is C38H54N6O7. The molecule has 1 aromatic carbocycles. The van der Waals surface area contributed by atoms with Crippen LogP contribution < -0.4 is 30.7 Å². The van der Waals surface area contributed by atoms with E-state index in [0.29, 0.717) is 23.8 Å². The van der Waals surface area contributed by atoms with Crippen LogP contribution >= 0.6 is 0 Å². The molecule has 0 unspecified atom stereocenters. The van der Waals surface area contributed by atoms with E-state index in [1.54, 1.807) is 7.11 Å². The van der Waals surface area contributed by atoms with Crippen LogP contribution in [-0.2, 0) is 19.2 Å². The standard InChI is InChI=1S/C38H54N6O7/c1-9-10-26(31(45)34(47)39-22-13-14-22)41-33(46)29-18-24(20-44(29)35(48)32(37(2,3)4)42-36(49)43-38(5,6)7)51-30-19-27(21-11-12-21)40-28-17-23(50-8)15-16-25(28)30/h15-17,19,21-22,24,26,29,32H,9-14,18,20H2,1-8H3,(H,39,47)(H,41,46)(H2,42,43,49)/t24-,26+,29+,32-/m1/s1. The molecule has 3 fully saturated rings. The average Bonchev–Trinajstić information content (AvgIpc) is 3.99. The minimum absolute atomic E-state index is 0.0108. The number of aromatic nitrogens is 1. The van der Waals surface area contributed by atoms with Crippen molar-refractivity contribution in [2.24, 2.45) is 5.41 Å². The SMILES string of the molecule is CCC[C@H](NC(=O)[C@@H]1C[C@@H](Oc2cc(C3CC3)nc3cc(OC)ccc23)CN1C(=O)[C@@H](NC(=O)NC(C)(C)C)C(C)(C)C)C(=O)C(=O)NC1CC1. The van der Waals surface area contributed by atoms with E-state index in [1.807, 2.05) is 72.7 Å². The first-order valence-corrected chi connectivity index (χ1v) is 18.2. The lowest BCUT2D eigenvalue weighted by molar-refractivity contribution is -0.144. The highest BCUT2D eigenvalue weighted by Gasteiger charge is 2.47. The van der Waals surface area contributed by atoms with E-state index in [4.69, 9.17) is 14.5 Å². The lowest BCUT2D eigenvalue weighted by Crippen LogP contribution is -2.61. The maximum atomic E-state index is 14.5. The van der Waals surface area contributed by atoms with E-state index in [1.165, 1.54) is 4.90 Å². The first-order valence-electron chi connectivity index (χ1n) is 18.2. The Kier molecular flexibility index (Phi) is 11.2. The summed E-state index contributed by atoms with van der Waals surface area (Å²) >= 11 is 0. The van der Waals surface area contributed by atoms with Crippen LogP contribution in [0.15, 0.2) is 24.3 Å². The highest BCUT2D eigenvalue weighted by molar-refractivity contribution is 6.38. The average molecular weight is 707 g/mol. The smallest absolute Gasteiger partial charge is 0.315 e. The summed E-state index contributed by atoms with van der Waals surface area (Å²) in [5.74, 6) is -0.839. The van der Waals surface area contributed by atoms with Crippen molar-refractivity contribution in [1.82, 2.24) is 31.2 Å². The minimum atomic E-state index is -1.05. The van der Waals surface area contributed by atoms with Crippen LogP contribution in [0.4, 0.5) is 4.79 Å². The number of nitrogens with one attached hydrogen (secondary N) is 4. The molecule has 1 aromatic heterocycles. The van der Waals surface area contributed by atoms with Gasteiger partial charge in [-0.1, -0.05) is 34.1 Å². The van der Waals surface area contributed by atoms with Gasteiger partial charge in [-0.2, -0.15) is 0 Å². The summed E-state index contributed by atoms with van der Waals surface area (Å²) < 4.78 is 12.1. The van der Waals surface area contributed by atoms with E-state index >= 15 is 0 Å². The highest BCUT2D eigenvalue weighted by atomic mass is 16.5. The van der Waals surface area contributed by atoms with E-state index in [9.17, 15) is 24.0 Å². The molecule has 4 atom stereocenters. The largest absolute Gasteiger partial charge is 0.497 e. The number of rotatable bonds is 13. The quantitative estimate of drug-likeness (QED) is 0.226. The number of carbonyl (C=O) groups excluding carboxylic acids is 5. The van der Waals surface area contributed by atoms with Crippen LogP contribution in [0.25, 0.3) is 10.9 Å². The van der Waals surface area contributed by atoms with Gasteiger partial charge in [0, 0.05) is 47.1 Å². The third-order valence-corrected chi connectivity index (χ3v) is 9.36. The molecule has 2 heterocycles. The second-order valence-electron chi connectivity index (χ2n) is 16.3. The summed E-state index contributed by atoms with van der Waals surface area (Å²) in [4.78, 5) is 74.0. The Balaban J connectivity index is 1.45. The number of hydrogen-bond acceptors (Lipinski definition) is 8. The Morgan fingerprint density at radius 3 is 2.27 bits per heavy atom. The van der Waals surface area contributed by atoms with Gasteiger partial charge in [-0.15, -0.1) is 0 Å². The molecule has 5 rings (SSSR count). The maximum Gasteiger partial charge on any atom is 0.315 e. The van der Waals surface area contributed by atoms with Crippen molar-refractivity contribution in [3.8, 4) is 11.5 Å². The predicted octanol–water partition coefficient (Wildman–Crippen LogP) is 4.11. The molecule has 1 aliphatic heterocycles. The van der Waals surface area contributed by atoms with E-state index < -0.39 is 64.7 Å². The van der Waals surface area contributed by atoms with Gasteiger partial charge in [0.1, 0.15) is 29.7 Å². The number of hydrogen-bond donors (Lipinski definition) is 4. The zero-order valence-electron chi connectivity index (χ0n) is 31.2. The van der Waals surface area contributed by atoms with Crippen LogP contribution in [-0.4, -0.2) is 88.9 Å². The highest BCUT2D eigenvalue weighted by Crippen LogP contribution is 2.42. The zero-order valence-corrected chi connectivity index (χ0v) is 31.2. The number of pyridine rings is 1. The Morgan fingerprint density at radius 2 is 1.69 bits per heavy atom. The van der Waals surface area contributed by atoms with Crippen LogP contribution in [0.1, 0.15) is 105 Å². The van der Waals surface area contributed by atoms with Crippen molar-refractivity contribution in [3.63, 3.8) is 0 Å². The summed E-state index contributed by atoms with van der Waals surface area (Å²) in [6, 6.07) is 3.92. The summed E-state index contributed by atoms with van der Waals surface area (Å²) in [6.07, 6.45) is 4.06.